The van der Waals surface area contributed by atoms with Gasteiger partial charge in [0.05, 0.1) is 4.90 Å². The molecule has 0 radical (unpaired) electrons. The van der Waals surface area contributed by atoms with E-state index in [1.165, 1.54) is 12.1 Å². The van der Waals surface area contributed by atoms with Gasteiger partial charge >= 0.3 is 5.97 Å². The molecule has 0 bridgehead atoms. The van der Waals surface area contributed by atoms with Crippen LogP contribution in [0.3, 0.4) is 0 Å². The van der Waals surface area contributed by atoms with Crippen LogP contribution in [-0.4, -0.2) is 38.0 Å². The van der Waals surface area contributed by atoms with Gasteiger partial charge < -0.3 is 10.4 Å². The predicted molar refractivity (Wildman–Crippen MR) is 92.8 cm³/mol. The number of carbonyl (C=O) groups is 2. The van der Waals surface area contributed by atoms with E-state index in [9.17, 15) is 18.0 Å². The smallest absolute Gasteiger partial charge is 0.303 e. The molecule has 2 rings (SSSR count). The number of hydrogen-bond acceptors (Lipinski definition) is 4. The molecule has 1 aromatic rings. The topological polar surface area (TPSA) is 113 Å². The van der Waals surface area contributed by atoms with Crippen molar-refractivity contribution in [3.8, 4) is 0 Å². The average Bonchev–Trinajstić information content (AvgIpc) is 3.06. The second-order valence-electron chi connectivity index (χ2n) is 6.24. The van der Waals surface area contributed by atoms with Crippen molar-refractivity contribution >= 4 is 21.9 Å². The maximum atomic E-state index is 12.4. The zero-order chi connectivity index (χ0) is 18.3. The molecule has 1 saturated carbocycles. The maximum absolute atomic E-state index is 12.4. The van der Waals surface area contributed by atoms with E-state index < -0.39 is 16.0 Å². The number of sulfonamides is 1. The van der Waals surface area contributed by atoms with Gasteiger partial charge in [-0.2, -0.15) is 0 Å². The van der Waals surface area contributed by atoms with E-state index in [0.29, 0.717) is 19.4 Å². The minimum absolute atomic E-state index is 0.0308. The van der Waals surface area contributed by atoms with Crippen LogP contribution in [0.5, 0.6) is 0 Å². The molecule has 0 spiro atoms. The first-order chi connectivity index (χ1) is 11.9. The molecule has 7 nitrogen and oxygen atoms in total. The zero-order valence-electron chi connectivity index (χ0n) is 14.0. The quantitative estimate of drug-likeness (QED) is 0.576. The number of carbonyl (C=O) groups excluding carboxylic acids is 1. The fourth-order valence-electron chi connectivity index (χ4n) is 2.84. The van der Waals surface area contributed by atoms with Crippen molar-refractivity contribution in [2.75, 3.05) is 6.54 Å². The Hall–Kier alpha value is -1.93. The lowest BCUT2D eigenvalue weighted by atomic mass is 10.2. The number of aliphatic carboxylic acids is 1. The summed E-state index contributed by atoms with van der Waals surface area (Å²) in [6.45, 7) is 0.351. The molecule has 0 atom stereocenters. The minimum Gasteiger partial charge on any atom is -0.481 e. The fourth-order valence-corrected chi connectivity index (χ4v) is 4.19. The molecule has 0 aliphatic heterocycles. The van der Waals surface area contributed by atoms with Crippen LogP contribution in [0.15, 0.2) is 29.2 Å². The molecule has 1 fully saturated rings. The summed E-state index contributed by atoms with van der Waals surface area (Å²) >= 11 is 0. The monoisotopic (exact) mass is 368 g/mol. The molecule has 1 aliphatic carbocycles. The van der Waals surface area contributed by atoms with Gasteiger partial charge in [0.25, 0.3) is 5.91 Å². The van der Waals surface area contributed by atoms with Gasteiger partial charge in [-0.3, -0.25) is 9.59 Å². The molecular formula is C17H24N2O5S. The van der Waals surface area contributed by atoms with E-state index in [0.717, 1.165) is 25.7 Å². The molecule has 25 heavy (non-hydrogen) atoms. The number of carboxylic acid groups (broad SMARTS) is 1. The Morgan fingerprint density at radius 1 is 1.16 bits per heavy atom. The molecule has 0 unspecified atom stereocenters. The molecule has 8 heteroatoms. The summed E-state index contributed by atoms with van der Waals surface area (Å²) in [5.41, 5.74) is 0.271. The molecule has 0 aromatic heterocycles. The molecule has 0 saturated heterocycles. The Morgan fingerprint density at radius 2 is 1.88 bits per heavy atom. The van der Waals surface area contributed by atoms with Gasteiger partial charge in [0.15, 0.2) is 0 Å². The molecule has 1 amide bonds. The van der Waals surface area contributed by atoms with Gasteiger partial charge in [-0.1, -0.05) is 18.9 Å². The first-order valence-electron chi connectivity index (χ1n) is 8.51. The lowest BCUT2D eigenvalue weighted by Crippen LogP contribution is -2.33. The largest absolute Gasteiger partial charge is 0.481 e. The summed E-state index contributed by atoms with van der Waals surface area (Å²) in [5, 5.41) is 11.2. The van der Waals surface area contributed by atoms with Crippen molar-refractivity contribution in [2.45, 2.75) is 55.9 Å². The van der Waals surface area contributed by atoms with Crippen LogP contribution in [0.25, 0.3) is 0 Å². The van der Waals surface area contributed by atoms with Crippen molar-refractivity contribution in [3.63, 3.8) is 0 Å². The number of rotatable bonds is 9. The highest BCUT2D eigenvalue weighted by Crippen LogP contribution is 2.20. The third-order valence-electron chi connectivity index (χ3n) is 4.19. The number of nitrogens with one attached hydrogen (secondary N) is 2. The minimum atomic E-state index is -3.63. The van der Waals surface area contributed by atoms with E-state index >= 15 is 0 Å². The van der Waals surface area contributed by atoms with E-state index in [1.54, 1.807) is 12.1 Å². The van der Waals surface area contributed by atoms with Crippen LogP contribution >= 0.6 is 0 Å². The van der Waals surface area contributed by atoms with E-state index in [4.69, 9.17) is 5.11 Å². The summed E-state index contributed by atoms with van der Waals surface area (Å²) < 4.78 is 27.5. The standard InChI is InChI=1S/C17H24N2O5S/c20-16(21)10-3-4-11-18-17(22)13-6-5-9-15(12-13)25(23,24)19-14-7-1-2-8-14/h5-6,9,12,14,19H,1-4,7-8,10-11H2,(H,18,22)(H,20,21). The van der Waals surface area contributed by atoms with Gasteiger partial charge in [0, 0.05) is 24.6 Å². The summed E-state index contributed by atoms with van der Waals surface area (Å²) in [6, 6.07) is 5.91. The van der Waals surface area contributed by atoms with Gasteiger partial charge in [-0.05, 0) is 43.9 Å². The number of unbranched alkanes of at least 4 members (excludes halogenated alkanes) is 1. The Bertz CT molecular complexity index is 712. The van der Waals surface area contributed by atoms with Gasteiger partial charge in [0.2, 0.25) is 10.0 Å². The molecule has 3 N–H and O–H groups in total. The molecular weight excluding hydrogens is 344 g/mol. The van der Waals surface area contributed by atoms with Crippen LogP contribution in [0.1, 0.15) is 55.3 Å². The van der Waals surface area contributed by atoms with Crippen molar-refractivity contribution in [1.29, 1.82) is 0 Å². The van der Waals surface area contributed by atoms with Crippen molar-refractivity contribution < 1.29 is 23.1 Å². The Labute approximate surface area is 147 Å². The third kappa shape index (κ3) is 6.13. The summed E-state index contributed by atoms with van der Waals surface area (Å²) in [7, 11) is -3.63. The van der Waals surface area contributed by atoms with Crippen molar-refractivity contribution in [1.82, 2.24) is 10.0 Å². The van der Waals surface area contributed by atoms with Crippen LogP contribution in [0, 0.1) is 0 Å². The summed E-state index contributed by atoms with van der Waals surface area (Å²) in [6.07, 6.45) is 4.84. The second-order valence-corrected chi connectivity index (χ2v) is 7.95. The number of amides is 1. The maximum Gasteiger partial charge on any atom is 0.303 e. The van der Waals surface area contributed by atoms with E-state index in [2.05, 4.69) is 10.0 Å². The summed E-state index contributed by atoms with van der Waals surface area (Å²) in [4.78, 5) is 22.6. The van der Waals surface area contributed by atoms with Crippen LogP contribution in [-0.2, 0) is 14.8 Å². The lowest BCUT2D eigenvalue weighted by molar-refractivity contribution is -0.137. The average molecular weight is 368 g/mol. The Morgan fingerprint density at radius 3 is 2.56 bits per heavy atom. The van der Waals surface area contributed by atoms with Gasteiger partial charge in [-0.25, -0.2) is 13.1 Å². The lowest BCUT2D eigenvalue weighted by Gasteiger charge is -2.13. The molecule has 1 aromatic carbocycles. The number of carboxylic acids is 1. The number of hydrogen-bond donors (Lipinski definition) is 3. The predicted octanol–water partition coefficient (Wildman–Crippen LogP) is 1.89. The van der Waals surface area contributed by atoms with Crippen molar-refractivity contribution in [2.24, 2.45) is 0 Å². The van der Waals surface area contributed by atoms with E-state index in [1.807, 2.05) is 0 Å². The highest BCUT2D eigenvalue weighted by atomic mass is 32.2. The van der Waals surface area contributed by atoms with Crippen LogP contribution in [0.2, 0.25) is 0 Å². The van der Waals surface area contributed by atoms with Crippen LogP contribution in [0.4, 0.5) is 0 Å². The first-order valence-corrected chi connectivity index (χ1v) is 9.99. The van der Waals surface area contributed by atoms with Gasteiger partial charge in [-0.15, -0.1) is 0 Å². The molecule has 138 valence electrons. The second kappa shape index (κ2) is 8.96. The fraction of sp³-hybridized carbons (Fsp3) is 0.529. The first kappa shape index (κ1) is 19.4. The Balaban J connectivity index is 1.93. The van der Waals surface area contributed by atoms with Crippen molar-refractivity contribution in [3.05, 3.63) is 29.8 Å². The number of benzene rings is 1. The molecule has 0 heterocycles. The normalized spacial score (nSPS) is 15.2. The zero-order valence-corrected chi connectivity index (χ0v) is 14.8. The van der Waals surface area contributed by atoms with E-state index in [-0.39, 0.29) is 28.8 Å². The Kier molecular flexibility index (Phi) is 6.95. The highest BCUT2D eigenvalue weighted by Gasteiger charge is 2.23. The highest BCUT2D eigenvalue weighted by molar-refractivity contribution is 7.89. The SMILES string of the molecule is O=C(O)CCCCNC(=O)c1cccc(S(=O)(=O)NC2CCCC2)c1. The van der Waals surface area contributed by atoms with Gasteiger partial charge in [0.1, 0.15) is 0 Å². The summed E-state index contributed by atoms with van der Waals surface area (Å²) in [5.74, 6) is -1.23. The van der Waals surface area contributed by atoms with Crippen LogP contribution < -0.4 is 10.0 Å². The third-order valence-corrected chi connectivity index (χ3v) is 5.70. The molecule has 1 aliphatic rings.